The Labute approximate surface area is 119 Å². The number of ether oxygens (including phenoxy) is 1. The maximum absolute atomic E-state index is 10.5. The summed E-state index contributed by atoms with van der Waals surface area (Å²) >= 11 is 0. The fourth-order valence-electron chi connectivity index (χ4n) is 3.06. The number of benzene rings is 2. The number of rotatable bonds is 3. The van der Waals surface area contributed by atoms with Crippen molar-refractivity contribution in [3.63, 3.8) is 0 Å². The molecule has 0 spiro atoms. The molecular weight excluding hydrogens is 250 g/mol. The molecule has 1 saturated heterocycles. The molecule has 0 aromatic heterocycles. The lowest BCUT2D eigenvalue weighted by Crippen LogP contribution is -2.35. The number of methoxy groups -OCH3 is 1. The first-order valence-corrected chi connectivity index (χ1v) is 7.30. The van der Waals surface area contributed by atoms with Crippen LogP contribution in [0.25, 0.3) is 10.8 Å². The molecule has 1 atom stereocenters. The Kier molecular flexibility index (Phi) is 3.79. The number of fused-ring (bicyclic) bond motifs is 1. The third kappa shape index (κ3) is 2.46. The molecule has 0 saturated carbocycles. The Morgan fingerprint density at radius 2 is 2.10 bits per heavy atom. The summed E-state index contributed by atoms with van der Waals surface area (Å²) in [5.41, 5.74) is 1.02. The highest BCUT2D eigenvalue weighted by molar-refractivity contribution is 5.93. The first kappa shape index (κ1) is 13.3. The van der Waals surface area contributed by atoms with Crippen molar-refractivity contribution in [2.75, 3.05) is 13.7 Å². The van der Waals surface area contributed by atoms with Crippen LogP contribution in [0, 0.1) is 0 Å². The monoisotopic (exact) mass is 271 g/mol. The summed E-state index contributed by atoms with van der Waals surface area (Å²) < 4.78 is 5.35. The third-order valence-electron chi connectivity index (χ3n) is 4.18. The maximum Gasteiger partial charge on any atom is 0.126 e. The summed E-state index contributed by atoms with van der Waals surface area (Å²) in [6.45, 7) is 1.09. The van der Waals surface area contributed by atoms with Crippen molar-refractivity contribution in [2.24, 2.45) is 0 Å². The minimum atomic E-state index is 0.397. The van der Waals surface area contributed by atoms with Gasteiger partial charge < -0.3 is 15.2 Å². The maximum atomic E-state index is 10.5. The number of hydrogen-bond donors (Lipinski definition) is 2. The van der Waals surface area contributed by atoms with Crippen LogP contribution in [-0.4, -0.2) is 24.8 Å². The van der Waals surface area contributed by atoms with Crippen molar-refractivity contribution < 1.29 is 9.84 Å². The van der Waals surface area contributed by atoms with Gasteiger partial charge in [0.1, 0.15) is 11.5 Å². The van der Waals surface area contributed by atoms with Crippen LogP contribution in [0.5, 0.6) is 11.5 Å². The Bertz CT molecular complexity index is 603. The molecule has 2 aromatic rings. The summed E-state index contributed by atoms with van der Waals surface area (Å²) in [7, 11) is 1.66. The second-order valence-corrected chi connectivity index (χ2v) is 5.48. The molecule has 3 rings (SSSR count). The van der Waals surface area contributed by atoms with E-state index in [1.54, 1.807) is 7.11 Å². The Hall–Kier alpha value is -1.74. The van der Waals surface area contributed by atoms with E-state index in [1.165, 1.54) is 19.3 Å². The molecule has 0 radical (unpaired) electrons. The van der Waals surface area contributed by atoms with Gasteiger partial charge in [-0.2, -0.15) is 0 Å². The molecule has 0 amide bonds. The number of nitrogens with one attached hydrogen (secondary N) is 1. The van der Waals surface area contributed by atoms with Crippen LogP contribution in [0.3, 0.4) is 0 Å². The van der Waals surface area contributed by atoms with Gasteiger partial charge in [0.15, 0.2) is 0 Å². The molecule has 1 heterocycles. The predicted octanol–water partition coefficient (Wildman–Crippen LogP) is 3.24. The van der Waals surface area contributed by atoms with Crippen LogP contribution in [0.2, 0.25) is 0 Å². The highest BCUT2D eigenvalue weighted by Crippen LogP contribution is 2.34. The quantitative estimate of drug-likeness (QED) is 0.900. The first-order chi connectivity index (χ1) is 9.79. The Morgan fingerprint density at radius 1 is 1.20 bits per heavy atom. The van der Waals surface area contributed by atoms with Gasteiger partial charge in [-0.15, -0.1) is 0 Å². The zero-order valence-electron chi connectivity index (χ0n) is 11.9. The molecule has 3 heteroatoms. The first-order valence-electron chi connectivity index (χ1n) is 7.30. The summed E-state index contributed by atoms with van der Waals surface area (Å²) in [6, 6.07) is 10.3. The Balaban J connectivity index is 1.94. The molecule has 2 N–H and O–H groups in total. The van der Waals surface area contributed by atoms with E-state index in [9.17, 15) is 5.11 Å². The molecular formula is C17H21NO2. The van der Waals surface area contributed by atoms with E-state index in [0.29, 0.717) is 11.8 Å². The van der Waals surface area contributed by atoms with E-state index >= 15 is 0 Å². The van der Waals surface area contributed by atoms with Crippen molar-refractivity contribution >= 4 is 10.8 Å². The lowest BCUT2D eigenvalue weighted by molar-refractivity contribution is 0.392. The van der Waals surface area contributed by atoms with Gasteiger partial charge in [-0.1, -0.05) is 30.7 Å². The number of aromatic hydroxyl groups is 1. The highest BCUT2D eigenvalue weighted by atomic mass is 16.5. The van der Waals surface area contributed by atoms with Crippen molar-refractivity contribution in [3.8, 4) is 11.5 Å². The van der Waals surface area contributed by atoms with Crippen molar-refractivity contribution in [2.45, 2.75) is 31.7 Å². The minimum absolute atomic E-state index is 0.397. The van der Waals surface area contributed by atoms with Gasteiger partial charge in [0.25, 0.3) is 0 Å². The van der Waals surface area contributed by atoms with Gasteiger partial charge in [0.05, 0.1) is 7.11 Å². The number of phenols is 1. The van der Waals surface area contributed by atoms with E-state index in [0.717, 1.165) is 35.1 Å². The lowest BCUT2D eigenvalue weighted by atomic mass is 9.95. The van der Waals surface area contributed by atoms with Crippen LogP contribution in [0.15, 0.2) is 30.3 Å². The normalized spacial score (nSPS) is 19.1. The summed E-state index contributed by atoms with van der Waals surface area (Å²) in [5.74, 6) is 1.20. The van der Waals surface area contributed by atoms with E-state index < -0.39 is 0 Å². The third-order valence-corrected chi connectivity index (χ3v) is 4.18. The summed E-state index contributed by atoms with van der Waals surface area (Å²) in [4.78, 5) is 0. The van der Waals surface area contributed by atoms with Gasteiger partial charge in [-0.25, -0.2) is 0 Å². The fraction of sp³-hybridized carbons (Fsp3) is 0.412. The standard InChI is InChI=1S/C17H21NO2/c1-20-16-7-4-6-15-14(16)9-8-12(17(15)19)11-13-5-2-3-10-18-13/h4,6-9,13,18-19H,2-3,5,10-11H2,1H3. The van der Waals surface area contributed by atoms with Gasteiger partial charge in [0.2, 0.25) is 0 Å². The molecule has 106 valence electrons. The number of hydrogen-bond acceptors (Lipinski definition) is 3. The SMILES string of the molecule is COc1cccc2c(O)c(CC3CCCCN3)ccc12. The molecule has 0 aliphatic carbocycles. The Morgan fingerprint density at radius 3 is 2.85 bits per heavy atom. The van der Waals surface area contributed by atoms with Gasteiger partial charge in [-0.05, 0) is 37.4 Å². The predicted molar refractivity (Wildman–Crippen MR) is 81.5 cm³/mol. The van der Waals surface area contributed by atoms with Gasteiger partial charge in [0, 0.05) is 16.8 Å². The van der Waals surface area contributed by atoms with Crippen LogP contribution < -0.4 is 10.1 Å². The smallest absolute Gasteiger partial charge is 0.126 e. The van der Waals surface area contributed by atoms with Crippen LogP contribution in [0.1, 0.15) is 24.8 Å². The van der Waals surface area contributed by atoms with Crippen LogP contribution in [0.4, 0.5) is 0 Å². The molecule has 1 aliphatic rings. The molecule has 3 nitrogen and oxygen atoms in total. The molecule has 0 bridgehead atoms. The highest BCUT2D eigenvalue weighted by Gasteiger charge is 2.16. The van der Waals surface area contributed by atoms with E-state index in [-0.39, 0.29) is 0 Å². The minimum Gasteiger partial charge on any atom is -0.507 e. The van der Waals surface area contributed by atoms with Crippen molar-refractivity contribution in [1.29, 1.82) is 0 Å². The average molecular weight is 271 g/mol. The van der Waals surface area contributed by atoms with E-state index in [2.05, 4.69) is 5.32 Å². The number of phenolic OH excluding ortho intramolecular Hbond substituents is 1. The lowest BCUT2D eigenvalue weighted by Gasteiger charge is -2.24. The molecule has 1 unspecified atom stereocenters. The summed E-state index contributed by atoms with van der Waals surface area (Å²) in [5, 5.41) is 15.9. The second kappa shape index (κ2) is 5.71. The molecule has 2 aromatic carbocycles. The average Bonchev–Trinajstić information content (AvgIpc) is 2.51. The van der Waals surface area contributed by atoms with Crippen molar-refractivity contribution in [1.82, 2.24) is 5.32 Å². The van der Waals surface area contributed by atoms with Crippen LogP contribution >= 0.6 is 0 Å². The molecule has 1 fully saturated rings. The van der Waals surface area contributed by atoms with E-state index in [1.807, 2.05) is 30.3 Å². The fourth-order valence-corrected chi connectivity index (χ4v) is 3.06. The zero-order valence-corrected chi connectivity index (χ0v) is 11.9. The number of piperidine rings is 1. The van der Waals surface area contributed by atoms with Gasteiger partial charge in [-0.3, -0.25) is 0 Å². The van der Waals surface area contributed by atoms with Crippen LogP contribution in [-0.2, 0) is 6.42 Å². The second-order valence-electron chi connectivity index (χ2n) is 5.48. The zero-order chi connectivity index (χ0) is 13.9. The summed E-state index contributed by atoms with van der Waals surface area (Å²) in [6.07, 6.45) is 4.62. The topological polar surface area (TPSA) is 41.5 Å². The molecule has 1 aliphatic heterocycles. The van der Waals surface area contributed by atoms with Gasteiger partial charge >= 0.3 is 0 Å². The largest absolute Gasteiger partial charge is 0.507 e. The van der Waals surface area contributed by atoms with E-state index in [4.69, 9.17) is 4.74 Å². The molecule has 20 heavy (non-hydrogen) atoms. The van der Waals surface area contributed by atoms with Crippen molar-refractivity contribution in [3.05, 3.63) is 35.9 Å².